The van der Waals surface area contributed by atoms with Gasteiger partial charge in [0.2, 0.25) is 0 Å². The molecule has 0 saturated heterocycles. The summed E-state index contributed by atoms with van der Waals surface area (Å²) < 4.78 is 10.9. The maximum absolute atomic E-state index is 10.4. The van der Waals surface area contributed by atoms with Crippen LogP contribution in [0.5, 0.6) is 11.5 Å². The van der Waals surface area contributed by atoms with E-state index in [0.29, 0.717) is 40.9 Å². The topological polar surface area (TPSA) is 51.6 Å². The van der Waals surface area contributed by atoms with Gasteiger partial charge in [-0.15, -0.1) is 0 Å². The lowest BCUT2D eigenvalue weighted by atomic mass is 10.0. The normalized spacial score (nSPS) is 15.1. The predicted molar refractivity (Wildman–Crippen MR) is 70.7 cm³/mol. The third-order valence-corrected chi connectivity index (χ3v) is 3.30. The number of pyridine rings is 1. The lowest BCUT2D eigenvalue weighted by Crippen LogP contribution is -2.15. The zero-order chi connectivity index (χ0) is 13.2. The molecule has 3 rings (SSSR count). The molecule has 1 aromatic carbocycles. The van der Waals surface area contributed by atoms with Crippen LogP contribution in [0.4, 0.5) is 0 Å². The molecule has 1 atom stereocenters. The Labute approximate surface area is 115 Å². The second-order valence-corrected chi connectivity index (χ2v) is 4.61. The zero-order valence-electron chi connectivity index (χ0n) is 10.0. The molecular weight excluding hydrogens is 266 g/mol. The summed E-state index contributed by atoms with van der Waals surface area (Å²) in [4.78, 5) is 3.90. The summed E-state index contributed by atoms with van der Waals surface area (Å²) in [5.74, 6) is 1.34. The molecule has 19 heavy (non-hydrogen) atoms. The molecule has 1 N–H and O–H groups in total. The molecule has 1 aliphatic heterocycles. The highest BCUT2D eigenvalue weighted by atomic mass is 35.5. The average molecular weight is 278 g/mol. The molecule has 0 aliphatic carbocycles. The quantitative estimate of drug-likeness (QED) is 0.917. The smallest absolute Gasteiger partial charge is 0.161 e. The van der Waals surface area contributed by atoms with Crippen molar-refractivity contribution in [3.63, 3.8) is 0 Å². The van der Waals surface area contributed by atoms with Crippen molar-refractivity contribution < 1.29 is 14.6 Å². The van der Waals surface area contributed by atoms with E-state index in [-0.39, 0.29) is 0 Å². The van der Waals surface area contributed by atoms with Crippen LogP contribution >= 0.6 is 11.6 Å². The molecule has 0 fully saturated rings. The van der Waals surface area contributed by atoms with E-state index in [2.05, 4.69) is 4.98 Å². The van der Waals surface area contributed by atoms with Crippen molar-refractivity contribution in [3.8, 4) is 11.5 Å². The molecule has 0 saturated carbocycles. The fourth-order valence-corrected chi connectivity index (χ4v) is 2.24. The number of hydrogen-bond acceptors (Lipinski definition) is 4. The van der Waals surface area contributed by atoms with E-state index < -0.39 is 6.10 Å². The Bertz CT molecular complexity index is 603. The van der Waals surface area contributed by atoms with Gasteiger partial charge < -0.3 is 14.6 Å². The Morgan fingerprint density at radius 3 is 2.74 bits per heavy atom. The molecular formula is C14H12ClNO3. The van der Waals surface area contributed by atoms with Gasteiger partial charge >= 0.3 is 0 Å². The van der Waals surface area contributed by atoms with E-state index in [9.17, 15) is 5.11 Å². The maximum atomic E-state index is 10.4. The number of aliphatic hydroxyl groups is 1. The Morgan fingerprint density at radius 1 is 1.16 bits per heavy atom. The molecule has 2 aromatic rings. The number of aliphatic hydroxyl groups excluding tert-OH is 1. The number of hydrogen-bond donors (Lipinski definition) is 1. The van der Waals surface area contributed by atoms with Crippen molar-refractivity contribution in [3.05, 3.63) is 52.8 Å². The first-order chi connectivity index (χ1) is 9.25. The van der Waals surface area contributed by atoms with Crippen molar-refractivity contribution in [2.24, 2.45) is 0 Å². The first kappa shape index (κ1) is 12.3. The van der Waals surface area contributed by atoms with E-state index in [4.69, 9.17) is 21.1 Å². The largest absolute Gasteiger partial charge is 0.486 e. The van der Waals surface area contributed by atoms with E-state index >= 15 is 0 Å². The van der Waals surface area contributed by atoms with Gasteiger partial charge in [0.05, 0.1) is 5.02 Å². The summed E-state index contributed by atoms with van der Waals surface area (Å²) >= 11 is 6.03. The molecule has 98 valence electrons. The van der Waals surface area contributed by atoms with Crippen LogP contribution in [-0.2, 0) is 0 Å². The molecule has 2 heterocycles. The predicted octanol–water partition coefficient (Wildman–Crippen LogP) is 2.59. The van der Waals surface area contributed by atoms with Gasteiger partial charge in [-0.2, -0.15) is 0 Å². The lowest BCUT2D eigenvalue weighted by Gasteiger charge is -2.20. The molecule has 0 amide bonds. The fraction of sp³-hybridized carbons (Fsp3) is 0.214. The summed E-state index contributed by atoms with van der Waals surface area (Å²) in [5.41, 5.74) is 1.32. The number of halogens is 1. The number of ether oxygens (including phenoxy) is 2. The molecule has 4 nitrogen and oxygen atoms in total. The van der Waals surface area contributed by atoms with E-state index in [1.807, 2.05) is 0 Å². The first-order valence-electron chi connectivity index (χ1n) is 5.93. The van der Waals surface area contributed by atoms with E-state index in [0.717, 1.165) is 0 Å². The molecule has 0 spiro atoms. The molecule has 1 aromatic heterocycles. The number of aromatic nitrogens is 1. The van der Waals surface area contributed by atoms with Crippen LogP contribution in [0.1, 0.15) is 17.2 Å². The monoisotopic (exact) mass is 277 g/mol. The lowest BCUT2D eigenvalue weighted by molar-refractivity contribution is 0.169. The third-order valence-electron chi connectivity index (χ3n) is 2.98. The number of rotatable bonds is 2. The minimum absolute atomic E-state index is 0.435. The van der Waals surface area contributed by atoms with E-state index in [1.54, 1.807) is 30.5 Å². The van der Waals surface area contributed by atoms with Gasteiger partial charge in [0.1, 0.15) is 19.3 Å². The van der Waals surface area contributed by atoms with Gasteiger partial charge in [0.15, 0.2) is 11.5 Å². The van der Waals surface area contributed by atoms with Crippen LogP contribution in [0.25, 0.3) is 0 Å². The van der Waals surface area contributed by atoms with E-state index in [1.165, 1.54) is 6.20 Å². The molecule has 5 heteroatoms. The SMILES string of the molecule is OC(c1ccc2c(c1)OCCO2)c1ccncc1Cl. The molecule has 0 radical (unpaired) electrons. The maximum Gasteiger partial charge on any atom is 0.161 e. The fourth-order valence-electron chi connectivity index (χ4n) is 2.02. The Hall–Kier alpha value is -1.78. The highest BCUT2D eigenvalue weighted by Gasteiger charge is 2.18. The average Bonchev–Trinajstić information content (AvgIpc) is 2.46. The molecule has 0 bridgehead atoms. The van der Waals surface area contributed by atoms with Crippen molar-refractivity contribution in [2.45, 2.75) is 6.10 Å². The van der Waals surface area contributed by atoms with Crippen molar-refractivity contribution in [2.75, 3.05) is 13.2 Å². The summed E-state index contributed by atoms with van der Waals surface area (Å²) in [6, 6.07) is 7.07. The Morgan fingerprint density at radius 2 is 1.95 bits per heavy atom. The van der Waals surface area contributed by atoms with Crippen molar-refractivity contribution in [1.82, 2.24) is 4.98 Å². The Kier molecular flexibility index (Phi) is 3.27. The minimum atomic E-state index is -0.814. The number of benzene rings is 1. The third kappa shape index (κ3) is 2.37. The van der Waals surface area contributed by atoms with Gasteiger partial charge in [-0.1, -0.05) is 17.7 Å². The second-order valence-electron chi connectivity index (χ2n) is 4.20. The van der Waals surface area contributed by atoms with Gasteiger partial charge in [-0.3, -0.25) is 4.98 Å². The first-order valence-corrected chi connectivity index (χ1v) is 6.30. The van der Waals surface area contributed by atoms with Crippen LogP contribution in [0.2, 0.25) is 5.02 Å². The van der Waals surface area contributed by atoms with Crippen LogP contribution in [0.3, 0.4) is 0 Å². The highest BCUT2D eigenvalue weighted by Crippen LogP contribution is 2.35. The minimum Gasteiger partial charge on any atom is -0.486 e. The molecule has 1 unspecified atom stereocenters. The Balaban J connectivity index is 1.96. The van der Waals surface area contributed by atoms with Crippen LogP contribution < -0.4 is 9.47 Å². The highest BCUT2D eigenvalue weighted by molar-refractivity contribution is 6.31. The van der Waals surface area contributed by atoms with Crippen LogP contribution in [0.15, 0.2) is 36.7 Å². The van der Waals surface area contributed by atoms with Gasteiger partial charge in [0, 0.05) is 18.0 Å². The number of fused-ring (bicyclic) bond motifs is 1. The van der Waals surface area contributed by atoms with Crippen LogP contribution in [0, 0.1) is 0 Å². The zero-order valence-corrected chi connectivity index (χ0v) is 10.8. The molecule has 1 aliphatic rings. The van der Waals surface area contributed by atoms with Crippen LogP contribution in [-0.4, -0.2) is 23.3 Å². The van der Waals surface area contributed by atoms with Crippen molar-refractivity contribution >= 4 is 11.6 Å². The van der Waals surface area contributed by atoms with Gasteiger partial charge in [-0.05, 0) is 23.8 Å². The standard InChI is InChI=1S/C14H12ClNO3/c15-11-8-16-4-3-10(11)14(17)9-1-2-12-13(7-9)19-6-5-18-12/h1-4,7-8,14,17H,5-6H2. The summed E-state index contributed by atoms with van der Waals surface area (Å²) in [6.07, 6.45) is 2.30. The second kappa shape index (κ2) is 5.07. The van der Waals surface area contributed by atoms with Crippen molar-refractivity contribution in [1.29, 1.82) is 0 Å². The summed E-state index contributed by atoms with van der Waals surface area (Å²) in [5, 5.41) is 10.8. The van der Waals surface area contributed by atoms with Gasteiger partial charge in [-0.25, -0.2) is 0 Å². The summed E-state index contributed by atoms with van der Waals surface area (Å²) in [6.45, 7) is 1.06. The number of nitrogens with zero attached hydrogens (tertiary/aromatic N) is 1. The summed E-state index contributed by atoms with van der Waals surface area (Å²) in [7, 11) is 0. The van der Waals surface area contributed by atoms with Gasteiger partial charge in [0.25, 0.3) is 0 Å².